The quantitative estimate of drug-likeness (QED) is 0.827. The maximum atomic E-state index is 11.7. The van der Waals surface area contributed by atoms with E-state index < -0.39 is 0 Å². The first-order valence-corrected chi connectivity index (χ1v) is 5.49. The van der Waals surface area contributed by atoms with Gasteiger partial charge in [0.2, 0.25) is 0 Å². The average Bonchev–Trinajstić information content (AvgIpc) is 2.26. The highest BCUT2D eigenvalue weighted by atomic mass is 35.5. The number of halogens is 2. The second kappa shape index (κ2) is 4.32. The number of aromatic amines is 1. The lowest BCUT2D eigenvalue weighted by atomic mass is 10.1. The van der Waals surface area contributed by atoms with Crippen molar-refractivity contribution in [1.29, 1.82) is 0 Å². The van der Waals surface area contributed by atoms with Crippen LogP contribution in [-0.2, 0) is 0 Å². The fourth-order valence-electron chi connectivity index (χ4n) is 1.50. The van der Waals surface area contributed by atoms with Crippen LogP contribution in [0.15, 0.2) is 35.3 Å². The average molecular weight is 254 g/mol. The molecule has 1 N–H and O–H groups in total. The molecule has 0 bridgehead atoms. The lowest BCUT2D eigenvalue weighted by Crippen LogP contribution is -2.08. The fraction of sp³-hybridized carbons (Fsp3) is 0.0833. The molecule has 0 spiro atoms. The van der Waals surface area contributed by atoms with Gasteiger partial charge in [-0.05, 0) is 24.6 Å². The molecule has 0 radical (unpaired) electrons. The Kier molecular flexibility index (Phi) is 3.03. The summed E-state index contributed by atoms with van der Waals surface area (Å²) >= 11 is 12.0. The first kappa shape index (κ1) is 11.2. The minimum absolute atomic E-state index is 0.172. The second-order valence-electron chi connectivity index (χ2n) is 3.52. The highest BCUT2D eigenvalue weighted by Gasteiger charge is 2.09. The molecule has 0 aliphatic heterocycles. The summed E-state index contributed by atoms with van der Waals surface area (Å²) in [5, 5.41) is 0.848. The van der Waals surface area contributed by atoms with Gasteiger partial charge in [-0.2, -0.15) is 0 Å². The Morgan fingerprint density at radius 3 is 2.69 bits per heavy atom. The Hall–Kier alpha value is -1.25. The predicted octanol–water partition coefficient (Wildman–Crippen LogP) is 3.66. The van der Waals surface area contributed by atoms with Crippen LogP contribution in [0.1, 0.15) is 5.56 Å². The van der Waals surface area contributed by atoms with E-state index in [4.69, 9.17) is 23.2 Å². The summed E-state index contributed by atoms with van der Waals surface area (Å²) in [6.07, 6.45) is 1.66. The van der Waals surface area contributed by atoms with E-state index in [1.807, 2.05) is 6.92 Å². The number of pyridine rings is 1. The first-order chi connectivity index (χ1) is 7.59. The first-order valence-electron chi connectivity index (χ1n) is 4.73. The molecular weight excluding hydrogens is 245 g/mol. The van der Waals surface area contributed by atoms with Gasteiger partial charge in [0.15, 0.2) is 0 Å². The standard InChI is InChI=1S/C12H9Cl2NO/c1-7-5-9(12(16)15-6-7)8-3-2-4-10(13)11(8)14/h2-6H,1H3,(H,15,16). The zero-order valence-electron chi connectivity index (χ0n) is 8.55. The number of benzene rings is 1. The van der Waals surface area contributed by atoms with Crippen LogP contribution in [0.3, 0.4) is 0 Å². The molecule has 0 saturated carbocycles. The minimum Gasteiger partial charge on any atom is -0.328 e. The summed E-state index contributed by atoms with van der Waals surface area (Å²) in [5.74, 6) is 0. The van der Waals surface area contributed by atoms with Crippen molar-refractivity contribution < 1.29 is 0 Å². The minimum atomic E-state index is -0.172. The van der Waals surface area contributed by atoms with Crippen LogP contribution < -0.4 is 5.56 Å². The van der Waals surface area contributed by atoms with Crippen LogP contribution in [0.25, 0.3) is 11.1 Å². The number of rotatable bonds is 1. The molecule has 0 atom stereocenters. The van der Waals surface area contributed by atoms with Gasteiger partial charge in [-0.15, -0.1) is 0 Å². The van der Waals surface area contributed by atoms with Gasteiger partial charge in [-0.25, -0.2) is 0 Å². The Labute approximate surface area is 103 Å². The third-order valence-corrected chi connectivity index (χ3v) is 3.11. The van der Waals surface area contributed by atoms with Gasteiger partial charge >= 0.3 is 0 Å². The van der Waals surface area contributed by atoms with Gasteiger partial charge in [0.1, 0.15) is 0 Å². The smallest absolute Gasteiger partial charge is 0.255 e. The lowest BCUT2D eigenvalue weighted by molar-refractivity contribution is 1.20. The van der Waals surface area contributed by atoms with Crippen molar-refractivity contribution in [2.45, 2.75) is 6.92 Å². The van der Waals surface area contributed by atoms with Crippen LogP contribution in [0.4, 0.5) is 0 Å². The van der Waals surface area contributed by atoms with Crippen LogP contribution in [-0.4, -0.2) is 4.98 Å². The van der Waals surface area contributed by atoms with Crippen molar-refractivity contribution in [3.63, 3.8) is 0 Å². The van der Waals surface area contributed by atoms with E-state index in [1.54, 1.807) is 30.5 Å². The molecule has 1 aromatic heterocycles. The summed E-state index contributed by atoms with van der Waals surface area (Å²) in [6.45, 7) is 1.90. The summed E-state index contributed by atoms with van der Waals surface area (Å²) in [6, 6.07) is 7.03. The van der Waals surface area contributed by atoms with Crippen molar-refractivity contribution in [3.8, 4) is 11.1 Å². The molecule has 4 heteroatoms. The number of nitrogens with one attached hydrogen (secondary N) is 1. The number of H-pyrrole nitrogens is 1. The van der Waals surface area contributed by atoms with Crippen molar-refractivity contribution >= 4 is 23.2 Å². The number of aryl methyl sites for hydroxylation is 1. The Bertz CT molecular complexity index is 590. The van der Waals surface area contributed by atoms with Gasteiger partial charge in [-0.3, -0.25) is 4.79 Å². The van der Waals surface area contributed by atoms with Crippen molar-refractivity contribution in [2.75, 3.05) is 0 Å². The highest BCUT2D eigenvalue weighted by Crippen LogP contribution is 2.31. The van der Waals surface area contributed by atoms with Crippen molar-refractivity contribution in [1.82, 2.24) is 4.98 Å². The molecule has 0 amide bonds. The van der Waals surface area contributed by atoms with E-state index in [9.17, 15) is 4.79 Å². The molecular formula is C12H9Cl2NO. The molecule has 2 aromatic rings. The Balaban J connectivity index is 2.72. The largest absolute Gasteiger partial charge is 0.328 e. The van der Waals surface area contributed by atoms with Crippen LogP contribution in [0, 0.1) is 6.92 Å². The van der Waals surface area contributed by atoms with Crippen molar-refractivity contribution in [2.24, 2.45) is 0 Å². The molecule has 0 unspecified atom stereocenters. The van der Waals surface area contributed by atoms with E-state index in [-0.39, 0.29) is 5.56 Å². The van der Waals surface area contributed by atoms with Gasteiger partial charge in [0.25, 0.3) is 5.56 Å². The maximum Gasteiger partial charge on any atom is 0.255 e. The molecule has 0 aliphatic carbocycles. The molecule has 16 heavy (non-hydrogen) atoms. The summed E-state index contributed by atoms with van der Waals surface area (Å²) < 4.78 is 0. The second-order valence-corrected chi connectivity index (χ2v) is 4.31. The Morgan fingerprint density at radius 1 is 1.19 bits per heavy atom. The zero-order chi connectivity index (χ0) is 11.7. The molecule has 2 nitrogen and oxygen atoms in total. The number of hydrogen-bond acceptors (Lipinski definition) is 1. The number of aromatic nitrogens is 1. The predicted molar refractivity (Wildman–Crippen MR) is 67.3 cm³/mol. The van der Waals surface area contributed by atoms with Gasteiger partial charge in [0.05, 0.1) is 10.0 Å². The van der Waals surface area contributed by atoms with Crippen LogP contribution >= 0.6 is 23.2 Å². The van der Waals surface area contributed by atoms with Crippen molar-refractivity contribution in [3.05, 3.63) is 56.4 Å². The van der Waals surface area contributed by atoms with E-state index in [2.05, 4.69) is 4.98 Å². The molecule has 0 saturated heterocycles. The SMILES string of the molecule is Cc1c[nH]c(=O)c(-c2cccc(Cl)c2Cl)c1. The molecule has 1 aromatic carbocycles. The summed E-state index contributed by atoms with van der Waals surface area (Å²) in [7, 11) is 0. The zero-order valence-corrected chi connectivity index (χ0v) is 10.1. The van der Waals surface area contributed by atoms with E-state index >= 15 is 0 Å². The van der Waals surface area contributed by atoms with E-state index in [0.717, 1.165) is 5.56 Å². The summed E-state index contributed by atoms with van der Waals surface area (Å²) in [5.41, 5.74) is 1.98. The van der Waals surface area contributed by atoms with Gasteiger partial charge < -0.3 is 4.98 Å². The molecule has 0 fully saturated rings. The number of hydrogen-bond donors (Lipinski definition) is 1. The summed E-state index contributed by atoms with van der Waals surface area (Å²) in [4.78, 5) is 14.3. The molecule has 82 valence electrons. The Morgan fingerprint density at radius 2 is 1.94 bits per heavy atom. The topological polar surface area (TPSA) is 32.9 Å². The normalized spacial score (nSPS) is 10.4. The molecule has 0 aliphatic rings. The van der Waals surface area contributed by atoms with E-state index in [1.165, 1.54) is 0 Å². The lowest BCUT2D eigenvalue weighted by Gasteiger charge is -2.05. The van der Waals surface area contributed by atoms with Crippen LogP contribution in [0.5, 0.6) is 0 Å². The monoisotopic (exact) mass is 253 g/mol. The maximum absolute atomic E-state index is 11.7. The van der Waals surface area contributed by atoms with E-state index in [0.29, 0.717) is 21.2 Å². The molecule has 1 heterocycles. The van der Waals surface area contributed by atoms with Gasteiger partial charge in [0, 0.05) is 17.3 Å². The van der Waals surface area contributed by atoms with Gasteiger partial charge in [-0.1, -0.05) is 35.3 Å². The fourth-order valence-corrected chi connectivity index (χ4v) is 1.91. The molecule has 2 rings (SSSR count). The third kappa shape index (κ3) is 1.99. The highest BCUT2D eigenvalue weighted by molar-refractivity contribution is 6.43. The van der Waals surface area contributed by atoms with Crippen LogP contribution in [0.2, 0.25) is 10.0 Å². The third-order valence-electron chi connectivity index (χ3n) is 2.29.